The van der Waals surface area contributed by atoms with Gasteiger partial charge in [-0.2, -0.15) is 0 Å². The molecular formula is C22H29N3O4. The number of methoxy groups -OCH3 is 2. The second-order valence-corrected chi connectivity index (χ2v) is 7.19. The van der Waals surface area contributed by atoms with Crippen LogP contribution < -0.4 is 19.9 Å². The number of anilines is 1. The lowest BCUT2D eigenvalue weighted by Crippen LogP contribution is -2.40. The highest BCUT2D eigenvalue weighted by Crippen LogP contribution is 2.28. The van der Waals surface area contributed by atoms with Crippen LogP contribution in [0.15, 0.2) is 36.4 Å². The molecule has 0 aromatic heterocycles. The Balaban J connectivity index is 1.44. The molecule has 1 aliphatic rings. The Morgan fingerprint density at radius 2 is 1.90 bits per heavy atom. The Bertz CT molecular complexity index is 856. The van der Waals surface area contributed by atoms with E-state index in [1.807, 2.05) is 12.1 Å². The molecule has 3 rings (SSSR count). The molecule has 2 aromatic carbocycles. The molecule has 0 aliphatic carbocycles. The molecule has 2 N–H and O–H groups in total. The number of carbonyl (C=O) groups is 1. The monoisotopic (exact) mass is 399 g/mol. The van der Waals surface area contributed by atoms with Crippen molar-refractivity contribution >= 4 is 11.6 Å². The Labute approximate surface area is 171 Å². The van der Waals surface area contributed by atoms with Crippen molar-refractivity contribution in [2.45, 2.75) is 12.8 Å². The summed E-state index contributed by atoms with van der Waals surface area (Å²) in [6, 6.07) is 11.2. The number of benzene rings is 2. The minimum absolute atomic E-state index is 0.0217. The fourth-order valence-electron chi connectivity index (χ4n) is 3.38. The average Bonchev–Trinajstić information content (AvgIpc) is 2.74. The molecule has 0 unspecified atom stereocenters. The molecule has 0 atom stereocenters. The van der Waals surface area contributed by atoms with E-state index in [4.69, 9.17) is 19.9 Å². The van der Waals surface area contributed by atoms with E-state index in [0.29, 0.717) is 23.5 Å². The molecule has 0 bridgehead atoms. The van der Waals surface area contributed by atoms with Gasteiger partial charge in [0.2, 0.25) is 0 Å². The van der Waals surface area contributed by atoms with Gasteiger partial charge in [-0.25, -0.2) is 0 Å². The number of amides is 1. The van der Waals surface area contributed by atoms with Crippen LogP contribution in [0.5, 0.6) is 17.2 Å². The number of fused-ring (bicyclic) bond motifs is 1. The van der Waals surface area contributed by atoms with Crippen LogP contribution in [0.3, 0.4) is 0 Å². The number of nitrogen functional groups attached to an aromatic ring is 1. The van der Waals surface area contributed by atoms with E-state index in [9.17, 15) is 4.79 Å². The van der Waals surface area contributed by atoms with Gasteiger partial charge in [0.05, 0.1) is 19.8 Å². The van der Waals surface area contributed by atoms with Crippen LogP contribution in [-0.4, -0.2) is 63.3 Å². The lowest BCUT2D eigenvalue weighted by Gasteiger charge is -2.29. The van der Waals surface area contributed by atoms with Gasteiger partial charge >= 0.3 is 0 Å². The van der Waals surface area contributed by atoms with E-state index >= 15 is 0 Å². The van der Waals surface area contributed by atoms with Crippen LogP contribution in [-0.2, 0) is 6.42 Å². The number of nitrogens with zero attached hydrogens (tertiary/aromatic N) is 2. The second-order valence-electron chi connectivity index (χ2n) is 7.19. The maximum Gasteiger partial charge on any atom is 0.260 e. The first-order valence-corrected chi connectivity index (χ1v) is 9.73. The summed E-state index contributed by atoms with van der Waals surface area (Å²) in [6.45, 7) is 2.74. The van der Waals surface area contributed by atoms with Crippen LogP contribution in [0.4, 0.5) is 5.69 Å². The number of likely N-dealkylation sites (N-methyl/N-ethyl adjacent to an activating group) is 1. The highest BCUT2D eigenvalue weighted by molar-refractivity contribution is 5.98. The molecule has 0 saturated heterocycles. The maximum absolute atomic E-state index is 12.6. The topological polar surface area (TPSA) is 77.3 Å². The molecule has 0 saturated carbocycles. The van der Waals surface area contributed by atoms with Crippen molar-refractivity contribution in [2.24, 2.45) is 0 Å². The van der Waals surface area contributed by atoms with Gasteiger partial charge in [-0.3, -0.25) is 4.79 Å². The molecule has 1 heterocycles. The van der Waals surface area contributed by atoms with Gasteiger partial charge in [-0.15, -0.1) is 0 Å². The van der Waals surface area contributed by atoms with Gasteiger partial charge in [0.15, 0.2) is 18.2 Å². The highest BCUT2D eigenvalue weighted by atomic mass is 16.5. The lowest BCUT2D eigenvalue weighted by molar-refractivity contribution is 0.0512. The summed E-state index contributed by atoms with van der Waals surface area (Å²) in [4.78, 5) is 16.6. The Hall–Kier alpha value is -2.93. The van der Waals surface area contributed by atoms with Gasteiger partial charge < -0.3 is 29.7 Å². The highest BCUT2D eigenvalue weighted by Gasteiger charge is 2.25. The third kappa shape index (κ3) is 5.12. The van der Waals surface area contributed by atoms with E-state index < -0.39 is 0 Å². The molecule has 0 radical (unpaired) electrons. The third-order valence-electron chi connectivity index (χ3n) is 5.10. The normalized spacial score (nSPS) is 13.2. The van der Waals surface area contributed by atoms with Gasteiger partial charge in [-0.1, -0.05) is 6.07 Å². The third-order valence-corrected chi connectivity index (χ3v) is 5.10. The van der Waals surface area contributed by atoms with Crippen molar-refractivity contribution in [1.29, 1.82) is 0 Å². The predicted octanol–water partition coefficient (Wildman–Crippen LogP) is 2.64. The zero-order chi connectivity index (χ0) is 20.8. The van der Waals surface area contributed by atoms with E-state index in [0.717, 1.165) is 37.4 Å². The van der Waals surface area contributed by atoms with E-state index in [2.05, 4.69) is 18.0 Å². The van der Waals surface area contributed by atoms with Crippen LogP contribution in [0.2, 0.25) is 0 Å². The van der Waals surface area contributed by atoms with Gasteiger partial charge in [0, 0.05) is 18.8 Å². The first kappa shape index (κ1) is 20.8. The molecule has 156 valence electrons. The fraction of sp³-hybridized carbons (Fsp3) is 0.409. The first-order valence-electron chi connectivity index (χ1n) is 9.73. The number of nitrogens with two attached hydrogens (primary N) is 1. The van der Waals surface area contributed by atoms with E-state index in [1.165, 1.54) is 5.56 Å². The molecule has 0 spiro atoms. The molecule has 2 aromatic rings. The van der Waals surface area contributed by atoms with Crippen molar-refractivity contribution in [3.05, 3.63) is 47.5 Å². The van der Waals surface area contributed by atoms with Crippen LogP contribution in [0.1, 0.15) is 22.3 Å². The van der Waals surface area contributed by atoms with Crippen molar-refractivity contribution in [1.82, 2.24) is 9.80 Å². The summed E-state index contributed by atoms with van der Waals surface area (Å²) < 4.78 is 16.3. The molecule has 1 aliphatic heterocycles. The van der Waals surface area contributed by atoms with Crippen LogP contribution in [0, 0.1) is 0 Å². The summed E-state index contributed by atoms with van der Waals surface area (Å²) in [5.74, 6) is 2.07. The quantitative estimate of drug-likeness (QED) is 0.653. The molecule has 29 heavy (non-hydrogen) atoms. The second kappa shape index (κ2) is 9.52. The van der Waals surface area contributed by atoms with Gasteiger partial charge in [0.25, 0.3) is 5.91 Å². The summed E-state index contributed by atoms with van der Waals surface area (Å²) in [6.07, 6.45) is 1.78. The molecule has 1 amide bonds. The predicted molar refractivity (Wildman–Crippen MR) is 113 cm³/mol. The number of carbonyl (C=O) groups excluding carboxylic acids is 1. The minimum Gasteiger partial charge on any atom is -0.493 e. The lowest BCUT2D eigenvalue weighted by atomic mass is 10.1. The van der Waals surface area contributed by atoms with Crippen molar-refractivity contribution in [2.75, 3.05) is 53.4 Å². The summed E-state index contributed by atoms with van der Waals surface area (Å²) >= 11 is 0. The van der Waals surface area contributed by atoms with Crippen molar-refractivity contribution in [3.8, 4) is 17.2 Å². The number of rotatable bonds is 9. The Kier molecular flexibility index (Phi) is 6.82. The molecular weight excluding hydrogens is 370 g/mol. The molecule has 7 nitrogen and oxygen atoms in total. The zero-order valence-corrected chi connectivity index (χ0v) is 17.3. The smallest absolute Gasteiger partial charge is 0.260 e. The fourth-order valence-corrected chi connectivity index (χ4v) is 3.38. The zero-order valence-electron chi connectivity index (χ0n) is 17.3. The largest absolute Gasteiger partial charge is 0.493 e. The number of hydrogen-bond acceptors (Lipinski definition) is 6. The van der Waals surface area contributed by atoms with Crippen molar-refractivity contribution in [3.63, 3.8) is 0 Å². The van der Waals surface area contributed by atoms with E-state index in [1.54, 1.807) is 37.3 Å². The van der Waals surface area contributed by atoms with Gasteiger partial charge in [0.1, 0.15) is 5.75 Å². The summed E-state index contributed by atoms with van der Waals surface area (Å²) in [7, 11) is 5.37. The summed E-state index contributed by atoms with van der Waals surface area (Å²) in [5, 5.41) is 0. The van der Waals surface area contributed by atoms with Crippen molar-refractivity contribution < 1.29 is 19.0 Å². The van der Waals surface area contributed by atoms with Crippen LogP contribution >= 0.6 is 0 Å². The average molecular weight is 399 g/mol. The van der Waals surface area contributed by atoms with Crippen LogP contribution in [0.25, 0.3) is 0 Å². The molecule has 7 heteroatoms. The van der Waals surface area contributed by atoms with E-state index in [-0.39, 0.29) is 12.6 Å². The Morgan fingerprint density at radius 3 is 2.66 bits per heavy atom. The minimum atomic E-state index is -0.0217. The maximum atomic E-state index is 12.6. The summed E-state index contributed by atoms with van der Waals surface area (Å²) in [5.41, 5.74) is 8.10. The molecule has 0 fully saturated rings. The Morgan fingerprint density at radius 1 is 1.10 bits per heavy atom. The SMILES string of the molecule is COc1ccc(CCN(C)CCCN2COc3ccc(N)cc3C2=O)cc1OC. The number of ether oxygens (including phenoxy) is 3. The standard InChI is InChI=1S/C22H29N3O4/c1-24(12-9-16-5-7-20(27-2)21(13-16)28-3)10-4-11-25-15-29-19-8-6-17(23)14-18(19)22(25)26/h5-8,13-14H,4,9-12,15,23H2,1-3H3. The first-order chi connectivity index (χ1) is 14.0. The number of hydrogen-bond donors (Lipinski definition) is 1. The van der Waals surface area contributed by atoms with Gasteiger partial charge in [-0.05, 0) is 62.3 Å².